The molecule has 0 fully saturated rings. The molecule has 0 atom stereocenters. The number of rotatable bonds is 7. The Bertz CT molecular complexity index is 888. The van der Waals surface area contributed by atoms with Crippen LogP contribution in [0.15, 0.2) is 57.4 Å². The topological polar surface area (TPSA) is 54.7 Å². The van der Waals surface area contributed by atoms with Crippen molar-refractivity contribution < 1.29 is 13.9 Å². The Hall–Kier alpha value is -2.31. The SMILES string of the molecule is CN(C)CCOc1ccc(CNC(=O)c2cc3cccc(Br)c3o2)cc1. The summed E-state index contributed by atoms with van der Waals surface area (Å²) >= 11 is 3.43. The van der Waals surface area contributed by atoms with Gasteiger partial charge in [-0.3, -0.25) is 4.79 Å². The molecule has 6 heteroatoms. The molecule has 3 rings (SSSR count). The minimum atomic E-state index is -0.237. The lowest BCUT2D eigenvalue weighted by Crippen LogP contribution is -2.22. The van der Waals surface area contributed by atoms with E-state index in [9.17, 15) is 4.79 Å². The monoisotopic (exact) mass is 416 g/mol. The van der Waals surface area contributed by atoms with E-state index in [2.05, 4.69) is 26.1 Å². The van der Waals surface area contributed by atoms with Crippen LogP contribution in [0.4, 0.5) is 0 Å². The highest BCUT2D eigenvalue weighted by Gasteiger charge is 2.13. The number of carbonyl (C=O) groups is 1. The van der Waals surface area contributed by atoms with Crippen molar-refractivity contribution in [2.24, 2.45) is 0 Å². The predicted molar refractivity (Wildman–Crippen MR) is 106 cm³/mol. The van der Waals surface area contributed by atoms with Gasteiger partial charge in [-0.1, -0.05) is 24.3 Å². The van der Waals surface area contributed by atoms with Crippen molar-refractivity contribution in [3.8, 4) is 5.75 Å². The molecule has 5 nitrogen and oxygen atoms in total. The fraction of sp³-hybridized carbons (Fsp3) is 0.250. The molecule has 0 unspecified atom stereocenters. The molecule has 0 aliphatic rings. The first kappa shape index (κ1) is 18.5. The molecule has 1 N–H and O–H groups in total. The number of carbonyl (C=O) groups excluding carboxylic acids is 1. The molecule has 1 amide bonds. The number of amides is 1. The normalized spacial score (nSPS) is 11.1. The van der Waals surface area contributed by atoms with E-state index in [0.717, 1.165) is 27.7 Å². The van der Waals surface area contributed by atoms with Gasteiger partial charge in [0.1, 0.15) is 17.9 Å². The smallest absolute Gasteiger partial charge is 0.287 e. The summed E-state index contributed by atoms with van der Waals surface area (Å²) in [6.45, 7) is 1.94. The number of hydrogen-bond donors (Lipinski definition) is 1. The number of likely N-dealkylation sites (N-methyl/N-ethyl adjacent to an activating group) is 1. The summed E-state index contributed by atoms with van der Waals surface area (Å²) in [5, 5.41) is 3.77. The second kappa shape index (κ2) is 8.38. The highest BCUT2D eigenvalue weighted by Crippen LogP contribution is 2.26. The van der Waals surface area contributed by atoms with Crippen molar-refractivity contribution in [1.82, 2.24) is 10.2 Å². The summed E-state index contributed by atoms with van der Waals surface area (Å²) in [4.78, 5) is 14.4. The Kier molecular flexibility index (Phi) is 5.96. The largest absolute Gasteiger partial charge is 0.492 e. The van der Waals surface area contributed by atoms with E-state index < -0.39 is 0 Å². The van der Waals surface area contributed by atoms with Crippen LogP contribution in [-0.4, -0.2) is 38.1 Å². The van der Waals surface area contributed by atoms with Crippen molar-refractivity contribution in [2.45, 2.75) is 6.54 Å². The minimum Gasteiger partial charge on any atom is -0.492 e. The zero-order chi connectivity index (χ0) is 18.5. The standard InChI is InChI=1S/C20H21BrN2O3/c1-23(2)10-11-25-16-8-6-14(7-9-16)13-22-20(24)18-12-15-4-3-5-17(21)19(15)26-18/h3-9,12H,10-11,13H2,1-2H3,(H,22,24). The molecule has 3 aromatic rings. The Morgan fingerprint density at radius 1 is 1.19 bits per heavy atom. The third kappa shape index (κ3) is 4.65. The van der Waals surface area contributed by atoms with Crippen LogP contribution in [0.1, 0.15) is 16.1 Å². The van der Waals surface area contributed by atoms with E-state index in [4.69, 9.17) is 9.15 Å². The van der Waals surface area contributed by atoms with Gasteiger partial charge in [0.15, 0.2) is 5.76 Å². The van der Waals surface area contributed by atoms with Crippen LogP contribution in [-0.2, 0) is 6.54 Å². The number of ether oxygens (including phenoxy) is 1. The number of nitrogens with one attached hydrogen (secondary N) is 1. The molecule has 0 aliphatic carbocycles. The summed E-state index contributed by atoms with van der Waals surface area (Å²) in [7, 11) is 4.02. The van der Waals surface area contributed by atoms with Crippen molar-refractivity contribution in [3.05, 3.63) is 64.3 Å². The highest BCUT2D eigenvalue weighted by atomic mass is 79.9. The molecular formula is C20H21BrN2O3. The summed E-state index contributed by atoms with van der Waals surface area (Å²) in [5.74, 6) is 0.888. The lowest BCUT2D eigenvalue weighted by Gasteiger charge is -2.11. The van der Waals surface area contributed by atoms with Gasteiger partial charge < -0.3 is 19.4 Å². The van der Waals surface area contributed by atoms with E-state index in [1.54, 1.807) is 6.07 Å². The van der Waals surface area contributed by atoms with Crippen molar-refractivity contribution in [1.29, 1.82) is 0 Å². The van der Waals surface area contributed by atoms with E-state index in [0.29, 0.717) is 24.5 Å². The Morgan fingerprint density at radius 2 is 1.96 bits per heavy atom. The average molecular weight is 417 g/mol. The number of para-hydroxylation sites is 1. The molecular weight excluding hydrogens is 396 g/mol. The zero-order valence-corrected chi connectivity index (χ0v) is 16.4. The minimum absolute atomic E-state index is 0.237. The van der Waals surface area contributed by atoms with Gasteiger partial charge in [-0.25, -0.2) is 0 Å². The van der Waals surface area contributed by atoms with Gasteiger partial charge in [0.2, 0.25) is 0 Å². The number of halogens is 1. The third-order valence-electron chi connectivity index (χ3n) is 3.90. The van der Waals surface area contributed by atoms with Gasteiger partial charge in [-0.2, -0.15) is 0 Å². The molecule has 0 bridgehead atoms. The summed E-state index contributed by atoms with van der Waals surface area (Å²) in [6, 6.07) is 15.2. The van der Waals surface area contributed by atoms with Gasteiger partial charge in [-0.05, 0) is 59.9 Å². The van der Waals surface area contributed by atoms with E-state index in [-0.39, 0.29) is 5.91 Å². The Balaban J connectivity index is 1.56. The molecule has 1 heterocycles. The summed E-state index contributed by atoms with van der Waals surface area (Å²) in [6.07, 6.45) is 0. The first-order valence-electron chi connectivity index (χ1n) is 8.35. The van der Waals surface area contributed by atoms with Crippen LogP contribution in [0.3, 0.4) is 0 Å². The van der Waals surface area contributed by atoms with Crippen molar-refractivity contribution >= 4 is 32.8 Å². The lowest BCUT2D eigenvalue weighted by molar-refractivity contribution is 0.0925. The van der Waals surface area contributed by atoms with Crippen LogP contribution >= 0.6 is 15.9 Å². The van der Waals surface area contributed by atoms with Crippen LogP contribution in [0, 0.1) is 0 Å². The number of nitrogens with zero attached hydrogens (tertiary/aromatic N) is 1. The molecule has 136 valence electrons. The molecule has 0 aliphatic heterocycles. The molecule has 0 saturated heterocycles. The molecule has 0 spiro atoms. The highest BCUT2D eigenvalue weighted by molar-refractivity contribution is 9.10. The van der Waals surface area contributed by atoms with Crippen molar-refractivity contribution in [3.63, 3.8) is 0 Å². The van der Waals surface area contributed by atoms with Crippen LogP contribution in [0.2, 0.25) is 0 Å². The number of fused-ring (bicyclic) bond motifs is 1. The predicted octanol–water partition coefficient (Wildman–Crippen LogP) is 4.07. The lowest BCUT2D eigenvalue weighted by atomic mass is 10.2. The molecule has 2 aromatic carbocycles. The van der Waals surface area contributed by atoms with Crippen LogP contribution in [0.5, 0.6) is 5.75 Å². The first-order chi connectivity index (χ1) is 12.5. The fourth-order valence-corrected chi connectivity index (χ4v) is 2.92. The third-order valence-corrected chi connectivity index (χ3v) is 4.53. The first-order valence-corrected chi connectivity index (χ1v) is 9.15. The number of furan rings is 1. The summed E-state index contributed by atoms with van der Waals surface area (Å²) in [5.41, 5.74) is 1.67. The van der Waals surface area contributed by atoms with E-state index >= 15 is 0 Å². The number of hydrogen-bond acceptors (Lipinski definition) is 4. The number of benzene rings is 2. The van der Waals surface area contributed by atoms with Crippen molar-refractivity contribution in [2.75, 3.05) is 27.2 Å². The van der Waals surface area contributed by atoms with E-state index in [1.807, 2.05) is 56.6 Å². The van der Waals surface area contributed by atoms with Gasteiger partial charge in [0.25, 0.3) is 5.91 Å². The van der Waals surface area contributed by atoms with Crippen LogP contribution < -0.4 is 10.1 Å². The summed E-state index contributed by atoms with van der Waals surface area (Å²) < 4.78 is 12.1. The van der Waals surface area contributed by atoms with Gasteiger partial charge in [-0.15, -0.1) is 0 Å². The molecule has 26 heavy (non-hydrogen) atoms. The molecule has 0 saturated carbocycles. The quantitative estimate of drug-likeness (QED) is 0.630. The second-order valence-corrected chi connectivity index (χ2v) is 7.10. The van der Waals surface area contributed by atoms with Crippen LogP contribution in [0.25, 0.3) is 11.0 Å². The Labute approximate surface area is 161 Å². The fourth-order valence-electron chi connectivity index (χ4n) is 2.46. The van der Waals surface area contributed by atoms with Gasteiger partial charge >= 0.3 is 0 Å². The van der Waals surface area contributed by atoms with Gasteiger partial charge in [0.05, 0.1) is 4.47 Å². The maximum Gasteiger partial charge on any atom is 0.287 e. The zero-order valence-electron chi connectivity index (χ0n) is 14.8. The molecule has 1 aromatic heterocycles. The Morgan fingerprint density at radius 3 is 2.65 bits per heavy atom. The molecule has 0 radical (unpaired) electrons. The second-order valence-electron chi connectivity index (χ2n) is 6.25. The average Bonchev–Trinajstić information content (AvgIpc) is 3.06. The van der Waals surface area contributed by atoms with E-state index in [1.165, 1.54) is 0 Å². The maximum absolute atomic E-state index is 12.3. The maximum atomic E-state index is 12.3. The van der Waals surface area contributed by atoms with Gasteiger partial charge in [0, 0.05) is 18.5 Å².